The van der Waals surface area contributed by atoms with Crippen molar-refractivity contribution < 1.29 is 0 Å². The predicted octanol–water partition coefficient (Wildman–Crippen LogP) is 1.48. The number of hydrogen-bond donors (Lipinski definition) is 0. The topological polar surface area (TPSA) is 53.3 Å². The summed E-state index contributed by atoms with van der Waals surface area (Å²) in [5.41, 5.74) is 3.88. The number of hydrogen-bond acceptors (Lipinski definition) is 6. The normalized spacial score (nSPS) is 18.0. The van der Waals surface area contributed by atoms with E-state index in [2.05, 4.69) is 21.1 Å². The number of aryl methyl sites for hydroxylation is 1. The quantitative estimate of drug-likeness (QED) is 0.828. The van der Waals surface area contributed by atoms with Gasteiger partial charge in [0, 0.05) is 77.6 Å². The van der Waals surface area contributed by atoms with Crippen molar-refractivity contribution in [3.63, 3.8) is 0 Å². The van der Waals surface area contributed by atoms with E-state index in [4.69, 9.17) is 9.97 Å². The Bertz CT molecular complexity index is 761. The van der Waals surface area contributed by atoms with Gasteiger partial charge in [0.1, 0.15) is 5.82 Å². The molecular formula is C19H29N7. The van der Waals surface area contributed by atoms with Crippen molar-refractivity contribution in [3.05, 3.63) is 29.2 Å². The maximum absolute atomic E-state index is 4.93. The Kier molecular flexibility index (Phi) is 4.80. The van der Waals surface area contributed by atoms with E-state index in [1.807, 2.05) is 36.9 Å². The van der Waals surface area contributed by atoms with Gasteiger partial charge in [-0.3, -0.25) is 9.58 Å². The maximum Gasteiger partial charge on any atom is 0.227 e. The zero-order chi connectivity index (χ0) is 18.1. The molecule has 2 aromatic rings. The van der Waals surface area contributed by atoms with Crippen LogP contribution in [0.1, 0.15) is 29.7 Å². The summed E-state index contributed by atoms with van der Waals surface area (Å²) in [6, 6.07) is 0. The highest BCUT2D eigenvalue weighted by atomic mass is 15.3. The van der Waals surface area contributed by atoms with Gasteiger partial charge >= 0.3 is 0 Å². The summed E-state index contributed by atoms with van der Waals surface area (Å²) in [4.78, 5) is 16.8. The van der Waals surface area contributed by atoms with Gasteiger partial charge in [0.25, 0.3) is 0 Å². The SMILES string of the molecule is CN(C)c1nc2c(c(N3CCCC3)n1)CCN(Cc1cnn(C)c1)CC2. The Balaban J connectivity index is 1.58. The van der Waals surface area contributed by atoms with E-state index in [9.17, 15) is 0 Å². The van der Waals surface area contributed by atoms with Gasteiger partial charge in [0.15, 0.2) is 0 Å². The van der Waals surface area contributed by atoms with Gasteiger partial charge in [-0.05, 0) is 19.3 Å². The van der Waals surface area contributed by atoms with E-state index >= 15 is 0 Å². The van der Waals surface area contributed by atoms with Gasteiger partial charge in [-0.25, -0.2) is 4.98 Å². The fourth-order valence-corrected chi connectivity index (χ4v) is 3.97. The van der Waals surface area contributed by atoms with Gasteiger partial charge in [0.2, 0.25) is 5.95 Å². The van der Waals surface area contributed by atoms with Crippen LogP contribution in [0, 0.1) is 0 Å². The molecule has 0 spiro atoms. The molecule has 140 valence electrons. The standard InChI is InChI=1S/C19H29N7/c1-23(2)19-21-17-7-11-25(14-15-12-20-24(3)13-15)10-6-16(17)18(22-19)26-8-4-5-9-26/h12-13H,4-11,14H2,1-3H3. The van der Waals surface area contributed by atoms with Crippen LogP contribution in [0.25, 0.3) is 0 Å². The van der Waals surface area contributed by atoms with Gasteiger partial charge in [-0.15, -0.1) is 0 Å². The molecule has 7 heteroatoms. The average molecular weight is 355 g/mol. The van der Waals surface area contributed by atoms with Crippen LogP contribution in [0.4, 0.5) is 11.8 Å². The van der Waals surface area contributed by atoms with Crippen molar-refractivity contribution in [2.45, 2.75) is 32.2 Å². The second kappa shape index (κ2) is 7.23. The molecule has 0 aliphatic carbocycles. The smallest absolute Gasteiger partial charge is 0.227 e. The lowest BCUT2D eigenvalue weighted by molar-refractivity contribution is 0.279. The molecule has 2 aromatic heterocycles. The largest absolute Gasteiger partial charge is 0.356 e. The lowest BCUT2D eigenvalue weighted by Crippen LogP contribution is -2.26. The lowest BCUT2D eigenvalue weighted by Gasteiger charge is -2.23. The Morgan fingerprint density at radius 3 is 2.50 bits per heavy atom. The van der Waals surface area contributed by atoms with Crippen molar-refractivity contribution in [1.82, 2.24) is 24.6 Å². The third-order valence-electron chi connectivity index (χ3n) is 5.37. The summed E-state index contributed by atoms with van der Waals surface area (Å²) in [6.07, 6.45) is 8.62. The molecular weight excluding hydrogens is 326 g/mol. The Labute approximate surface area is 155 Å². The third kappa shape index (κ3) is 3.53. The van der Waals surface area contributed by atoms with Crippen LogP contribution in [0.2, 0.25) is 0 Å². The van der Waals surface area contributed by atoms with Gasteiger partial charge in [-0.1, -0.05) is 0 Å². The highest BCUT2D eigenvalue weighted by Gasteiger charge is 2.25. The van der Waals surface area contributed by atoms with Crippen LogP contribution in [0.5, 0.6) is 0 Å². The summed E-state index contributed by atoms with van der Waals surface area (Å²) in [5.74, 6) is 2.02. The summed E-state index contributed by atoms with van der Waals surface area (Å²) in [7, 11) is 6.03. The number of anilines is 2. The molecule has 1 saturated heterocycles. The molecule has 2 aliphatic rings. The first kappa shape index (κ1) is 17.3. The first-order valence-corrected chi connectivity index (χ1v) is 9.62. The summed E-state index contributed by atoms with van der Waals surface area (Å²) in [5, 5.41) is 4.30. The highest BCUT2D eigenvalue weighted by Crippen LogP contribution is 2.29. The first-order valence-electron chi connectivity index (χ1n) is 9.62. The molecule has 0 bridgehead atoms. The average Bonchev–Trinajstić information content (AvgIpc) is 3.24. The van der Waals surface area contributed by atoms with Crippen LogP contribution in [-0.2, 0) is 26.4 Å². The van der Waals surface area contributed by atoms with Gasteiger partial charge < -0.3 is 9.80 Å². The molecule has 0 saturated carbocycles. The molecule has 0 N–H and O–H groups in total. The molecule has 2 aliphatic heterocycles. The zero-order valence-corrected chi connectivity index (χ0v) is 16.1. The fraction of sp³-hybridized carbons (Fsp3) is 0.632. The van der Waals surface area contributed by atoms with Crippen LogP contribution in [0.15, 0.2) is 12.4 Å². The van der Waals surface area contributed by atoms with Crippen LogP contribution >= 0.6 is 0 Å². The van der Waals surface area contributed by atoms with Crippen molar-refractivity contribution in [1.29, 1.82) is 0 Å². The molecule has 0 atom stereocenters. The van der Waals surface area contributed by atoms with Crippen molar-refractivity contribution in [2.75, 3.05) is 50.1 Å². The monoisotopic (exact) mass is 355 g/mol. The molecule has 7 nitrogen and oxygen atoms in total. The lowest BCUT2D eigenvalue weighted by atomic mass is 10.1. The Morgan fingerprint density at radius 1 is 1.04 bits per heavy atom. The summed E-state index contributed by atoms with van der Waals surface area (Å²) < 4.78 is 1.88. The second-order valence-corrected chi connectivity index (χ2v) is 7.66. The van der Waals surface area contributed by atoms with Crippen LogP contribution in [-0.4, -0.2) is 64.9 Å². The second-order valence-electron chi connectivity index (χ2n) is 7.66. The van der Waals surface area contributed by atoms with Crippen LogP contribution < -0.4 is 9.80 Å². The van der Waals surface area contributed by atoms with Crippen LogP contribution in [0.3, 0.4) is 0 Å². The number of nitrogens with zero attached hydrogens (tertiary/aromatic N) is 7. The van der Waals surface area contributed by atoms with E-state index in [0.717, 1.165) is 51.5 Å². The van der Waals surface area contributed by atoms with Crippen molar-refractivity contribution >= 4 is 11.8 Å². The molecule has 1 fully saturated rings. The van der Waals surface area contributed by atoms with Gasteiger partial charge in [-0.2, -0.15) is 10.1 Å². The van der Waals surface area contributed by atoms with E-state index in [1.165, 1.54) is 35.5 Å². The fourth-order valence-electron chi connectivity index (χ4n) is 3.97. The Morgan fingerprint density at radius 2 is 1.81 bits per heavy atom. The molecule has 4 heterocycles. The van der Waals surface area contributed by atoms with E-state index in [-0.39, 0.29) is 0 Å². The van der Waals surface area contributed by atoms with E-state index < -0.39 is 0 Å². The summed E-state index contributed by atoms with van der Waals surface area (Å²) >= 11 is 0. The highest BCUT2D eigenvalue weighted by molar-refractivity contribution is 5.54. The number of fused-ring (bicyclic) bond motifs is 1. The molecule has 0 unspecified atom stereocenters. The molecule has 0 amide bonds. The molecule has 26 heavy (non-hydrogen) atoms. The molecule has 4 rings (SSSR count). The maximum atomic E-state index is 4.93. The van der Waals surface area contributed by atoms with Gasteiger partial charge in [0.05, 0.1) is 11.9 Å². The van der Waals surface area contributed by atoms with E-state index in [0.29, 0.717) is 0 Å². The van der Waals surface area contributed by atoms with Crippen molar-refractivity contribution in [3.8, 4) is 0 Å². The summed E-state index contributed by atoms with van der Waals surface area (Å²) in [6.45, 7) is 5.28. The number of rotatable bonds is 4. The Hall–Kier alpha value is -2.15. The zero-order valence-electron chi connectivity index (χ0n) is 16.1. The minimum absolute atomic E-state index is 0.839. The first-order chi connectivity index (χ1) is 12.6. The molecule has 0 radical (unpaired) electrons. The third-order valence-corrected chi connectivity index (χ3v) is 5.37. The van der Waals surface area contributed by atoms with Crippen molar-refractivity contribution in [2.24, 2.45) is 7.05 Å². The molecule has 0 aromatic carbocycles. The minimum atomic E-state index is 0.839. The minimum Gasteiger partial charge on any atom is -0.356 e. The number of aromatic nitrogens is 4. The predicted molar refractivity (Wildman–Crippen MR) is 104 cm³/mol. The van der Waals surface area contributed by atoms with E-state index in [1.54, 1.807) is 0 Å².